The third kappa shape index (κ3) is 7.82. The lowest BCUT2D eigenvalue weighted by Crippen LogP contribution is -2.47. The van der Waals surface area contributed by atoms with E-state index in [1.54, 1.807) is 0 Å². The molecule has 0 unspecified atom stereocenters. The fourth-order valence-electron chi connectivity index (χ4n) is 3.06. The van der Waals surface area contributed by atoms with Crippen molar-refractivity contribution in [2.24, 2.45) is 5.92 Å². The highest BCUT2D eigenvalue weighted by Crippen LogP contribution is 2.26. The Balaban J connectivity index is 2.22. The van der Waals surface area contributed by atoms with Gasteiger partial charge in [0, 0.05) is 18.7 Å². The van der Waals surface area contributed by atoms with Gasteiger partial charge in [-0.3, -0.25) is 9.69 Å². The first-order chi connectivity index (χ1) is 9.88. The zero-order valence-corrected chi connectivity index (χ0v) is 14.5. The van der Waals surface area contributed by atoms with Crippen LogP contribution in [0.3, 0.4) is 0 Å². The Morgan fingerprint density at radius 3 is 2.62 bits per heavy atom. The minimum Gasteiger partial charge on any atom is -0.379 e. The molecule has 0 spiro atoms. The quantitative estimate of drug-likeness (QED) is 0.701. The van der Waals surface area contributed by atoms with Gasteiger partial charge >= 0.3 is 0 Å². The fraction of sp³-hybridized carbons (Fsp3) is 0.941. The Kier molecular flexibility index (Phi) is 8.27. The molecule has 1 heterocycles. The SMILES string of the molecule is CC(C)NC(=O)CN1CC[C@H](CCCOC(C)C)C[C@@H]1C. The van der Waals surface area contributed by atoms with E-state index in [0.29, 0.717) is 18.7 Å². The van der Waals surface area contributed by atoms with Gasteiger partial charge in [-0.05, 0) is 72.8 Å². The smallest absolute Gasteiger partial charge is 0.234 e. The summed E-state index contributed by atoms with van der Waals surface area (Å²) in [6, 6.07) is 0.735. The predicted octanol–water partition coefficient (Wildman–Crippen LogP) is 2.82. The number of hydrogen-bond acceptors (Lipinski definition) is 3. The van der Waals surface area contributed by atoms with Crippen molar-refractivity contribution in [1.29, 1.82) is 0 Å². The summed E-state index contributed by atoms with van der Waals surface area (Å²) in [6.45, 7) is 12.9. The van der Waals surface area contributed by atoms with E-state index in [-0.39, 0.29) is 11.9 Å². The first-order valence-electron chi connectivity index (χ1n) is 8.53. The highest BCUT2D eigenvalue weighted by molar-refractivity contribution is 5.78. The van der Waals surface area contributed by atoms with Crippen molar-refractivity contribution in [2.75, 3.05) is 19.7 Å². The minimum atomic E-state index is 0.153. The average Bonchev–Trinajstić information content (AvgIpc) is 2.36. The van der Waals surface area contributed by atoms with Crippen molar-refractivity contribution in [3.8, 4) is 0 Å². The number of nitrogens with one attached hydrogen (secondary N) is 1. The van der Waals surface area contributed by atoms with Gasteiger partial charge in [0.2, 0.25) is 5.91 Å². The summed E-state index contributed by atoms with van der Waals surface area (Å²) >= 11 is 0. The molecule has 1 aliphatic heterocycles. The van der Waals surface area contributed by atoms with Crippen LogP contribution in [-0.4, -0.2) is 48.7 Å². The van der Waals surface area contributed by atoms with Crippen LogP contribution < -0.4 is 5.32 Å². The zero-order valence-electron chi connectivity index (χ0n) is 14.5. The van der Waals surface area contributed by atoms with Crippen LogP contribution in [0.25, 0.3) is 0 Å². The van der Waals surface area contributed by atoms with Crippen molar-refractivity contribution in [3.05, 3.63) is 0 Å². The van der Waals surface area contributed by atoms with E-state index >= 15 is 0 Å². The van der Waals surface area contributed by atoms with Crippen LogP contribution in [0.15, 0.2) is 0 Å². The number of carbonyl (C=O) groups is 1. The fourth-order valence-corrected chi connectivity index (χ4v) is 3.06. The van der Waals surface area contributed by atoms with E-state index in [9.17, 15) is 4.79 Å². The summed E-state index contributed by atoms with van der Waals surface area (Å²) < 4.78 is 5.61. The van der Waals surface area contributed by atoms with Gasteiger partial charge in [0.15, 0.2) is 0 Å². The van der Waals surface area contributed by atoms with Crippen LogP contribution in [0.1, 0.15) is 60.3 Å². The molecular weight excluding hydrogens is 264 g/mol. The van der Waals surface area contributed by atoms with Crippen LogP contribution in [-0.2, 0) is 9.53 Å². The maximum absolute atomic E-state index is 11.9. The molecule has 21 heavy (non-hydrogen) atoms. The summed E-state index contributed by atoms with van der Waals surface area (Å²) in [5, 5.41) is 2.98. The van der Waals surface area contributed by atoms with Crippen molar-refractivity contribution in [1.82, 2.24) is 10.2 Å². The number of hydrogen-bond donors (Lipinski definition) is 1. The first kappa shape index (κ1) is 18.4. The van der Waals surface area contributed by atoms with Gasteiger partial charge < -0.3 is 10.1 Å². The maximum atomic E-state index is 11.9. The molecule has 2 atom stereocenters. The number of rotatable bonds is 8. The maximum Gasteiger partial charge on any atom is 0.234 e. The molecule has 1 saturated heterocycles. The van der Waals surface area contributed by atoms with Gasteiger partial charge in [0.1, 0.15) is 0 Å². The first-order valence-corrected chi connectivity index (χ1v) is 8.53. The van der Waals surface area contributed by atoms with Crippen LogP contribution in [0.4, 0.5) is 0 Å². The van der Waals surface area contributed by atoms with E-state index in [4.69, 9.17) is 4.74 Å². The molecular formula is C17H34N2O2. The molecule has 0 aromatic carbocycles. The summed E-state index contributed by atoms with van der Waals surface area (Å²) in [5.74, 6) is 0.945. The Morgan fingerprint density at radius 1 is 1.33 bits per heavy atom. The van der Waals surface area contributed by atoms with Gasteiger partial charge in [0.25, 0.3) is 0 Å². The standard InChI is InChI=1S/C17H34N2O2/c1-13(2)18-17(20)12-19-9-8-16(11-15(19)5)7-6-10-21-14(3)4/h13-16H,6-12H2,1-5H3,(H,18,20)/t15-,16-/m0/s1. The lowest BCUT2D eigenvalue weighted by molar-refractivity contribution is -0.123. The number of likely N-dealkylation sites (tertiary alicyclic amines) is 1. The molecule has 4 heteroatoms. The summed E-state index contributed by atoms with van der Waals surface area (Å²) in [5.41, 5.74) is 0. The second-order valence-electron chi connectivity index (χ2n) is 6.99. The van der Waals surface area contributed by atoms with Crippen molar-refractivity contribution in [3.63, 3.8) is 0 Å². The number of nitrogens with zero attached hydrogens (tertiary/aromatic N) is 1. The van der Waals surface area contributed by atoms with Crippen LogP contribution in [0, 0.1) is 5.92 Å². The molecule has 1 fully saturated rings. The molecule has 0 bridgehead atoms. The third-order valence-corrected chi connectivity index (χ3v) is 4.13. The van der Waals surface area contributed by atoms with Crippen molar-refractivity contribution in [2.45, 2.75) is 78.5 Å². The van der Waals surface area contributed by atoms with Gasteiger partial charge in [-0.2, -0.15) is 0 Å². The third-order valence-electron chi connectivity index (χ3n) is 4.13. The molecule has 1 rings (SSSR count). The van der Waals surface area contributed by atoms with Gasteiger partial charge in [-0.1, -0.05) is 0 Å². The summed E-state index contributed by atoms with van der Waals surface area (Å²) in [6.07, 6.45) is 5.16. The van der Waals surface area contributed by atoms with E-state index in [0.717, 1.165) is 25.5 Å². The minimum absolute atomic E-state index is 0.153. The van der Waals surface area contributed by atoms with Gasteiger partial charge in [-0.15, -0.1) is 0 Å². The molecule has 0 aliphatic carbocycles. The Labute approximate surface area is 130 Å². The normalized spacial score (nSPS) is 23.8. The number of amides is 1. The average molecular weight is 298 g/mol. The Hall–Kier alpha value is -0.610. The number of piperidine rings is 1. The van der Waals surface area contributed by atoms with E-state index in [1.807, 2.05) is 13.8 Å². The summed E-state index contributed by atoms with van der Waals surface area (Å²) in [4.78, 5) is 14.2. The van der Waals surface area contributed by atoms with Crippen molar-refractivity contribution < 1.29 is 9.53 Å². The summed E-state index contributed by atoms with van der Waals surface area (Å²) in [7, 11) is 0. The molecule has 1 N–H and O–H groups in total. The largest absolute Gasteiger partial charge is 0.379 e. The second kappa shape index (κ2) is 9.42. The Morgan fingerprint density at radius 2 is 2.05 bits per heavy atom. The van der Waals surface area contributed by atoms with Gasteiger partial charge in [-0.25, -0.2) is 0 Å². The molecule has 0 aromatic rings. The Bertz CT molecular complexity index is 305. The van der Waals surface area contributed by atoms with E-state index in [1.165, 1.54) is 19.3 Å². The lowest BCUT2D eigenvalue weighted by atomic mass is 9.88. The number of ether oxygens (including phenoxy) is 1. The molecule has 4 nitrogen and oxygen atoms in total. The van der Waals surface area contributed by atoms with Crippen molar-refractivity contribution >= 4 is 5.91 Å². The topological polar surface area (TPSA) is 41.6 Å². The lowest BCUT2D eigenvalue weighted by Gasteiger charge is -2.37. The van der Waals surface area contributed by atoms with Crippen LogP contribution in [0.5, 0.6) is 0 Å². The molecule has 0 aromatic heterocycles. The zero-order chi connectivity index (χ0) is 15.8. The highest BCUT2D eigenvalue weighted by Gasteiger charge is 2.26. The second-order valence-corrected chi connectivity index (χ2v) is 6.99. The highest BCUT2D eigenvalue weighted by atomic mass is 16.5. The van der Waals surface area contributed by atoms with E-state index in [2.05, 4.69) is 31.0 Å². The molecule has 1 amide bonds. The number of carbonyl (C=O) groups excluding carboxylic acids is 1. The van der Waals surface area contributed by atoms with E-state index < -0.39 is 0 Å². The monoisotopic (exact) mass is 298 g/mol. The molecule has 124 valence electrons. The predicted molar refractivity (Wildman–Crippen MR) is 87.4 cm³/mol. The van der Waals surface area contributed by atoms with Crippen LogP contribution >= 0.6 is 0 Å². The molecule has 1 aliphatic rings. The molecule has 0 radical (unpaired) electrons. The molecule has 0 saturated carbocycles. The van der Waals surface area contributed by atoms with Crippen LogP contribution in [0.2, 0.25) is 0 Å². The van der Waals surface area contributed by atoms with Gasteiger partial charge in [0.05, 0.1) is 12.6 Å².